The molecule has 136 valence electrons. The minimum absolute atomic E-state index is 0.379. The van der Waals surface area contributed by atoms with Crippen LogP contribution in [0.5, 0.6) is 0 Å². The maximum atomic E-state index is 10.3. The first-order chi connectivity index (χ1) is 10.7. The molecule has 0 aromatic carbocycles. The summed E-state index contributed by atoms with van der Waals surface area (Å²) >= 11 is 0. The van der Waals surface area contributed by atoms with Crippen molar-refractivity contribution in [3.05, 3.63) is 0 Å². The van der Waals surface area contributed by atoms with Gasteiger partial charge in [-0.3, -0.25) is 0 Å². The third kappa shape index (κ3) is 3.69. The molecule has 2 aliphatic heterocycles. The molecule has 23 heavy (non-hydrogen) atoms. The Morgan fingerprint density at radius 1 is 1.13 bits per heavy atom. The van der Waals surface area contributed by atoms with Gasteiger partial charge in [0.15, 0.2) is 6.29 Å². The molecule has 0 bridgehead atoms. The van der Waals surface area contributed by atoms with Crippen molar-refractivity contribution >= 4 is 0 Å². The van der Waals surface area contributed by atoms with Crippen LogP contribution in [0.4, 0.5) is 0 Å². The van der Waals surface area contributed by atoms with Crippen LogP contribution < -0.4 is 5.32 Å². The van der Waals surface area contributed by atoms with E-state index in [1.807, 2.05) is 6.92 Å². The third-order valence-electron chi connectivity index (χ3n) is 5.03. The average molecular weight is 335 g/mol. The van der Waals surface area contributed by atoms with Gasteiger partial charge < -0.3 is 40.0 Å². The van der Waals surface area contributed by atoms with Crippen molar-refractivity contribution in [2.75, 3.05) is 13.7 Å². The summed E-state index contributed by atoms with van der Waals surface area (Å²) in [6.45, 7) is 4.96. The summed E-state index contributed by atoms with van der Waals surface area (Å²) in [6.07, 6.45) is -5.99. The number of likely N-dealkylation sites (N-methyl/N-ethyl adjacent to an activating group) is 1. The zero-order valence-electron chi connectivity index (χ0n) is 14.0. The van der Waals surface area contributed by atoms with Gasteiger partial charge in [-0.25, -0.2) is 0 Å². The van der Waals surface area contributed by atoms with Crippen molar-refractivity contribution in [3.8, 4) is 0 Å². The van der Waals surface area contributed by atoms with Crippen molar-refractivity contribution in [1.82, 2.24) is 5.32 Å². The standard InChI is InChI=1S/C15H29NO7/c1-7-13(12(19)11(18)9(6-17)21-7)23-10-5-15(3,16-4)14(20)8(2)22-10/h7-14,16-20H,5-6H2,1-4H3. The molecule has 2 aliphatic rings. The topological polar surface area (TPSA) is 121 Å². The Morgan fingerprint density at radius 3 is 2.35 bits per heavy atom. The Bertz CT molecular complexity index is 398. The van der Waals surface area contributed by atoms with E-state index in [4.69, 9.17) is 14.2 Å². The van der Waals surface area contributed by atoms with Gasteiger partial charge in [0.2, 0.25) is 0 Å². The Labute approximate surface area is 136 Å². The van der Waals surface area contributed by atoms with Gasteiger partial charge in [-0.15, -0.1) is 0 Å². The van der Waals surface area contributed by atoms with Crippen LogP contribution in [0.1, 0.15) is 27.2 Å². The molecule has 0 radical (unpaired) electrons. The lowest BCUT2D eigenvalue weighted by Gasteiger charge is -2.48. The smallest absolute Gasteiger partial charge is 0.160 e. The van der Waals surface area contributed by atoms with Gasteiger partial charge in [0, 0.05) is 12.0 Å². The Hall–Kier alpha value is -0.320. The van der Waals surface area contributed by atoms with Gasteiger partial charge >= 0.3 is 0 Å². The second-order valence-corrected chi connectivity index (χ2v) is 6.73. The SMILES string of the molecule is CNC1(C)CC(OC2C(C)OC(CO)C(O)C2O)OC(C)C1O. The Morgan fingerprint density at radius 2 is 1.78 bits per heavy atom. The van der Waals surface area contributed by atoms with Gasteiger partial charge in [0.1, 0.15) is 24.4 Å². The van der Waals surface area contributed by atoms with Crippen LogP contribution in [-0.4, -0.2) is 88.6 Å². The van der Waals surface area contributed by atoms with Gasteiger partial charge in [-0.1, -0.05) is 0 Å². The summed E-state index contributed by atoms with van der Waals surface area (Å²) in [5, 5.41) is 42.8. The van der Waals surface area contributed by atoms with Crippen LogP contribution in [0.15, 0.2) is 0 Å². The quantitative estimate of drug-likeness (QED) is 0.414. The largest absolute Gasteiger partial charge is 0.394 e. The van der Waals surface area contributed by atoms with Crippen molar-refractivity contribution in [2.24, 2.45) is 0 Å². The van der Waals surface area contributed by atoms with Gasteiger partial charge in [-0.2, -0.15) is 0 Å². The number of aliphatic hydroxyl groups excluding tert-OH is 4. The van der Waals surface area contributed by atoms with Crippen LogP contribution in [-0.2, 0) is 14.2 Å². The number of rotatable bonds is 4. The zero-order chi connectivity index (χ0) is 17.4. The Balaban J connectivity index is 2.06. The molecule has 2 saturated heterocycles. The minimum atomic E-state index is -1.23. The Kier molecular flexibility index (Phi) is 6.02. The highest BCUT2D eigenvalue weighted by molar-refractivity contribution is 4.98. The highest BCUT2D eigenvalue weighted by Crippen LogP contribution is 2.32. The fourth-order valence-electron chi connectivity index (χ4n) is 3.32. The predicted molar refractivity (Wildman–Crippen MR) is 80.7 cm³/mol. The van der Waals surface area contributed by atoms with Crippen molar-refractivity contribution in [2.45, 2.75) is 81.7 Å². The molecule has 2 heterocycles. The number of ether oxygens (including phenoxy) is 3. The summed E-state index contributed by atoms with van der Waals surface area (Å²) in [7, 11) is 1.76. The molecule has 9 atom stereocenters. The number of hydrogen-bond acceptors (Lipinski definition) is 8. The third-order valence-corrected chi connectivity index (χ3v) is 5.03. The van der Waals surface area contributed by atoms with E-state index in [0.717, 1.165) is 0 Å². The van der Waals surface area contributed by atoms with E-state index in [1.54, 1.807) is 20.9 Å². The molecule has 0 spiro atoms. The van der Waals surface area contributed by atoms with E-state index >= 15 is 0 Å². The maximum Gasteiger partial charge on any atom is 0.160 e. The van der Waals surface area contributed by atoms with Crippen molar-refractivity contribution < 1.29 is 34.6 Å². The number of aliphatic hydroxyl groups is 4. The normalized spacial score (nSPS) is 51.7. The highest BCUT2D eigenvalue weighted by atomic mass is 16.7. The molecular weight excluding hydrogens is 306 g/mol. The van der Waals surface area contributed by atoms with Crippen LogP contribution in [0, 0.1) is 0 Å². The number of hydrogen-bond donors (Lipinski definition) is 5. The lowest BCUT2D eigenvalue weighted by atomic mass is 9.85. The second kappa shape index (κ2) is 7.28. The molecule has 2 rings (SSSR count). The first-order valence-electron chi connectivity index (χ1n) is 8.04. The maximum absolute atomic E-state index is 10.3. The van der Waals surface area contributed by atoms with Gasteiger partial charge in [0.05, 0.1) is 24.9 Å². The minimum Gasteiger partial charge on any atom is -0.394 e. The first kappa shape index (κ1) is 19.0. The molecule has 0 saturated carbocycles. The monoisotopic (exact) mass is 335 g/mol. The molecule has 0 aromatic rings. The molecule has 0 aliphatic carbocycles. The van der Waals surface area contributed by atoms with E-state index in [2.05, 4.69) is 5.32 Å². The highest BCUT2D eigenvalue weighted by Gasteiger charge is 2.48. The van der Waals surface area contributed by atoms with Gasteiger partial charge in [0.25, 0.3) is 0 Å². The fraction of sp³-hybridized carbons (Fsp3) is 1.00. The van der Waals surface area contributed by atoms with Crippen molar-refractivity contribution in [1.29, 1.82) is 0 Å². The number of nitrogens with one attached hydrogen (secondary N) is 1. The molecular formula is C15H29NO7. The summed E-state index contributed by atoms with van der Waals surface area (Å²) in [6, 6.07) is 0. The summed E-state index contributed by atoms with van der Waals surface area (Å²) in [5.41, 5.74) is -0.585. The lowest BCUT2D eigenvalue weighted by Crippen LogP contribution is -2.64. The summed E-state index contributed by atoms with van der Waals surface area (Å²) < 4.78 is 17.0. The molecule has 0 aromatic heterocycles. The average Bonchev–Trinajstić information content (AvgIpc) is 2.52. The molecule has 0 amide bonds. The van der Waals surface area contributed by atoms with Crippen LogP contribution >= 0.6 is 0 Å². The van der Waals surface area contributed by atoms with E-state index < -0.39 is 54.6 Å². The molecule has 9 unspecified atom stereocenters. The molecule has 5 N–H and O–H groups in total. The lowest BCUT2D eigenvalue weighted by molar-refractivity contribution is -0.306. The summed E-state index contributed by atoms with van der Waals surface area (Å²) in [5.74, 6) is 0. The van der Waals surface area contributed by atoms with Crippen LogP contribution in [0.25, 0.3) is 0 Å². The van der Waals surface area contributed by atoms with E-state index in [9.17, 15) is 20.4 Å². The predicted octanol–water partition coefficient (Wildman–Crippen LogP) is -1.65. The molecule has 2 fully saturated rings. The van der Waals surface area contributed by atoms with Crippen molar-refractivity contribution in [3.63, 3.8) is 0 Å². The second-order valence-electron chi connectivity index (χ2n) is 6.73. The van der Waals surface area contributed by atoms with Crippen LogP contribution in [0.2, 0.25) is 0 Å². The van der Waals surface area contributed by atoms with E-state index in [0.29, 0.717) is 6.42 Å². The fourth-order valence-corrected chi connectivity index (χ4v) is 3.32. The van der Waals surface area contributed by atoms with E-state index in [-0.39, 0.29) is 6.61 Å². The molecule has 8 heteroatoms. The first-order valence-corrected chi connectivity index (χ1v) is 8.04. The summed E-state index contributed by atoms with van der Waals surface area (Å²) in [4.78, 5) is 0. The molecule has 8 nitrogen and oxygen atoms in total. The van der Waals surface area contributed by atoms with Gasteiger partial charge in [-0.05, 0) is 27.8 Å². The zero-order valence-corrected chi connectivity index (χ0v) is 14.0. The van der Waals surface area contributed by atoms with Crippen LogP contribution in [0.3, 0.4) is 0 Å². The van der Waals surface area contributed by atoms with E-state index in [1.165, 1.54) is 0 Å².